The lowest BCUT2D eigenvalue weighted by molar-refractivity contribution is -0.115. The first kappa shape index (κ1) is 16.2. The van der Waals surface area contributed by atoms with E-state index in [2.05, 4.69) is 43.2 Å². The third-order valence-corrected chi connectivity index (χ3v) is 4.18. The molecule has 0 aromatic heterocycles. The average molecular weight is 318 g/mol. The van der Waals surface area contributed by atoms with Gasteiger partial charge in [0.25, 0.3) is 5.91 Å². The fourth-order valence-electron chi connectivity index (χ4n) is 2.67. The van der Waals surface area contributed by atoms with Gasteiger partial charge in [-0.05, 0) is 35.1 Å². The summed E-state index contributed by atoms with van der Waals surface area (Å²) < 4.78 is 0. The molecule has 0 saturated heterocycles. The first-order valence-electron chi connectivity index (χ1n) is 8.13. The summed E-state index contributed by atoms with van der Waals surface area (Å²) in [6.45, 7) is 8.56. The molecule has 0 spiro atoms. The fraction of sp³-hybridized carbons (Fsp3) is 0.238. The van der Waals surface area contributed by atoms with Gasteiger partial charge in [-0.3, -0.25) is 4.79 Å². The fourth-order valence-corrected chi connectivity index (χ4v) is 2.67. The van der Waals surface area contributed by atoms with E-state index in [0.29, 0.717) is 11.5 Å². The van der Waals surface area contributed by atoms with Crippen LogP contribution in [-0.4, -0.2) is 11.7 Å². The van der Waals surface area contributed by atoms with E-state index in [4.69, 9.17) is 0 Å². The molecule has 1 amide bonds. The Kier molecular flexibility index (Phi) is 4.10. The zero-order valence-electron chi connectivity index (χ0n) is 14.6. The van der Waals surface area contributed by atoms with Crippen LogP contribution in [0.25, 0.3) is 6.08 Å². The average Bonchev–Trinajstić information content (AvgIpc) is 2.88. The monoisotopic (exact) mass is 318 g/mol. The van der Waals surface area contributed by atoms with Crippen molar-refractivity contribution in [2.24, 2.45) is 4.99 Å². The van der Waals surface area contributed by atoms with Crippen molar-refractivity contribution in [3.8, 4) is 0 Å². The molecule has 2 aromatic carbocycles. The van der Waals surface area contributed by atoms with E-state index in [1.54, 1.807) is 0 Å². The van der Waals surface area contributed by atoms with Crippen LogP contribution >= 0.6 is 0 Å². The first-order chi connectivity index (χ1) is 11.3. The van der Waals surface area contributed by atoms with E-state index >= 15 is 0 Å². The van der Waals surface area contributed by atoms with Gasteiger partial charge >= 0.3 is 0 Å². The normalized spacial score (nSPS) is 16.2. The lowest BCUT2D eigenvalue weighted by Crippen LogP contribution is -2.25. The number of nitrogens with one attached hydrogen (secondary N) is 1. The van der Waals surface area contributed by atoms with Crippen LogP contribution in [0.15, 0.2) is 59.2 Å². The summed E-state index contributed by atoms with van der Waals surface area (Å²) in [7, 11) is 0. The minimum Gasteiger partial charge on any atom is -0.305 e. The van der Waals surface area contributed by atoms with Gasteiger partial charge in [0.15, 0.2) is 0 Å². The third-order valence-electron chi connectivity index (χ3n) is 4.18. The quantitative estimate of drug-likeness (QED) is 0.828. The first-order valence-corrected chi connectivity index (χ1v) is 8.13. The molecule has 3 heteroatoms. The van der Waals surface area contributed by atoms with E-state index in [1.165, 1.54) is 5.56 Å². The molecular formula is C21H22N2O. The molecule has 24 heavy (non-hydrogen) atoms. The van der Waals surface area contributed by atoms with Crippen LogP contribution in [0.5, 0.6) is 0 Å². The van der Waals surface area contributed by atoms with Crippen LogP contribution in [-0.2, 0) is 10.2 Å². The Bertz CT molecular complexity index is 837. The van der Waals surface area contributed by atoms with E-state index < -0.39 is 0 Å². The van der Waals surface area contributed by atoms with Crippen LogP contribution < -0.4 is 5.32 Å². The largest absolute Gasteiger partial charge is 0.305 e. The number of aliphatic imine (C=N–C) groups is 1. The van der Waals surface area contributed by atoms with Crippen LogP contribution in [0.2, 0.25) is 0 Å². The number of aryl methyl sites for hydroxylation is 1. The van der Waals surface area contributed by atoms with Crippen molar-refractivity contribution in [1.29, 1.82) is 0 Å². The summed E-state index contributed by atoms with van der Waals surface area (Å²) in [5, 5.41) is 2.86. The number of rotatable bonds is 2. The van der Waals surface area contributed by atoms with E-state index in [-0.39, 0.29) is 11.3 Å². The standard InChI is InChI=1S/C21H22N2O/c1-14-7-5-6-8-17(14)19-22-18(20(24)23-19)13-15-9-11-16(12-10-15)21(2,3)4/h5-13H,1-4H3,(H,22,23,24)/b18-13+. The molecule has 0 bridgehead atoms. The number of carbonyl (C=O) groups excluding carboxylic acids is 1. The molecule has 1 aliphatic heterocycles. The number of nitrogens with zero attached hydrogens (tertiary/aromatic N) is 1. The number of hydrogen-bond acceptors (Lipinski definition) is 2. The van der Waals surface area contributed by atoms with Gasteiger partial charge in [-0.15, -0.1) is 0 Å². The zero-order chi connectivity index (χ0) is 17.3. The molecule has 0 aliphatic carbocycles. The molecule has 3 nitrogen and oxygen atoms in total. The Morgan fingerprint density at radius 2 is 1.67 bits per heavy atom. The van der Waals surface area contributed by atoms with Crippen molar-refractivity contribution in [3.05, 3.63) is 76.5 Å². The van der Waals surface area contributed by atoms with Crippen molar-refractivity contribution in [1.82, 2.24) is 5.32 Å². The minimum atomic E-state index is -0.159. The van der Waals surface area contributed by atoms with Gasteiger partial charge in [-0.25, -0.2) is 4.99 Å². The van der Waals surface area contributed by atoms with E-state index in [0.717, 1.165) is 16.7 Å². The van der Waals surface area contributed by atoms with Crippen molar-refractivity contribution < 1.29 is 4.79 Å². The predicted molar refractivity (Wildman–Crippen MR) is 99.0 cm³/mol. The highest BCUT2D eigenvalue weighted by Crippen LogP contribution is 2.23. The predicted octanol–water partition coefficient (Wildman–Crippen LogP) is 4.21. The summed E-state index contributed by atoms with van der Waals surface area (Å²) >= 11 is 0. The second-order valence-corrected chi connectivity index (χ2v) is 7.13. The molecule has 0 unspecified atom stereocenters. The van der Waals surface area contributed by atoms with Crippen LogP contribution in [0.1, 0.15) is 43.0 Å². The second-order valence-electron chi connectivity index (χ2n) is 7.13. The van der Waals surface area contributed by atoms with Gasteiger partial charge in [0, 0.05) is 5.56 Å². The number of hydrogen-bond donors (Lipinski definition) is 1. The van der Waals surface area contributed by atoms with Crippen molar-refractivity contribution >= 4 is 17.8 Å². The summed E-state index contributed by atoms with van der Waals surface area (Å²) in [5.74, 6) is 0.462. The lowest BCUT2D eigenvalue weighted by Gasteiger charge is -2.18. The molecule has 1 aliphatic rings. The number of benzene rings is 2. The van der Waals surface area contributed by atoms with Crippen molar-refractivity contribution in [3.63, 3.8) is 0 Å². The highest BCUT2D eigenvalue weighted by atomic mass is 16.2. The zero-order valence-corrected chi connectivity index (χ0v) is 14.6. The van der Waals surface area contributed by atoms with Gasteiger partial charge in [0.1, 0.15) is 11.5 Å². The maximum Gasteiger partial charge on any atom is 0.275 e. The highest BCUT2D eigenvalue weighted by Gasteiger charge is 2.22. The molecule has 0 fully saturated rings. The summed E-state index contributed by atoms with van der Waals surface area (Å²) in [4.78, 5) is 16.7. The molecule has 3 rings (SSSR count). The Morgan fingerprint density at radius 3 is 2.29 bits per heavy atom. The maximum atomic E-state index is 12.2. The Balaban J connectivity index is 1.90. The lowest BCUT2D eigenvalue weighted by atomic mass is 9.87. The van der Waals surface area contributed by atoms with Gasteiger partial charge in [0.05, 0.1) is 0 Å². The van der Waals surface area contributed by atoms with Gasteiger partial charge in [-0.2, -0.15) is 0 Å². The Morgan fingerprint density at radius 1 is 1.00 bits per heavy atom. The number of amidine groups is 1. The summed E-state index contributed by atoms with van der Waals surface area (Å²) in [6, 6.07) is 16.2. The minimum absolute atomic E-state index is 0.118. The van der Waals surface area contributed by atoms with Crippen LogP contribution in [0, 0.1) is 6.92 Å². The molecule has 1 heterocycles. The smallest absolute Gasteiger partial charge is 0.275 e. The third kappa shape index (κ3) is 3.30. The Hall–Kier alpha value is -2.68. The van der Waals surface area contributed by atoms with Crippen LogP contribution in [0.3, 0.4) is 0 Å². The topological polar surface area (TPSA) is 41.5 Å². The molecule has 0 saturated carbocycles. The number of carbonyl (C=O) groups is 1. The van der Waals surface area contributed by atoms with Gasteiger partial charge in [0.2, 0.25) is 0 Å². The molecule has 122 valence electrons. The molecule has 0 radical (unpaired) electrons. The van der Waals surface area contributed by atoms with Crippen LogP contribution in [0.4, 0.5) is 0 Å². The molecular weight excluding hydrogens is 296 g/mol. The van der Waals surface area contributed by atoms with Gasteiger partial charge < -0.3 is 5.32 Å². The Labute approximate surface area is 143 Å². The SMILES string of the molecule is Cc1ccccc1C1=N/C(=C/c2ccc(C(C)(C)C)cc2)C(=O)N1. The maximum absolute atomic E-state index is 12.2. The van der Waals surface area contributed by atoms with Crippen molar-refractivity contribution in [2.75, 3.05) is 0 Å². The van der Waals surface area contributed by atoms with E-state index in [1.807, 2.05) is 49.4 Å². The summed E-state index contributed by atoms with van der Waals surface area (Å²) in [5.41, 5.74) is 4.85. The molecule has 0 atom stereocenters. The molecule has 2 aromatic rings. The second kappa shape index (κ2) is 6.08. The number of amides is 1. The van der Waals surface area contributed by atoms with Crippen molar-refractivity contribution in [2.45, 2.75) is 33.1 Å². The molecule has 1 N–H and O–H groups in total. The van der Waals surface area contributed by atoms with E-state index in [9.17, 15) is 4.79 Å². The van der Waals surface area contributed by atoms with Gasteiger partial charge in [-0.1, -0.05) is 69.3 Å². The highest BCUT2D eigenvalue weighted by molar-refractivity contribution is 6.20. The summed E-state index contributed by atoms with van der Waals surface area (Å²) in [6.07, 6.45) is 1.83.